The Balaban J connectivity index is 1.42. The molecule has 30 heavy (non-hydrogen) atoms. The number of aliphatic imine (C=N–C) groups is 1. The summed E-state index contributed by atoms with van der Waals surface area (Å²) in [6, 6.07) is 7.52. The van der Waals surface area contributed by atoms with Crippen LogP contribution in [0.5, 0.6) is 5.75 Å². The fourth-order valence-electron chi connectivity index (χ4n) is 4.19. The molecular formula is C25H16N2O3. The largest absolute Gasteiger partial charge is 0.472 e. The van der Waals surface area contributed by atoms with Gasteiger partial charge in [0.25, 0.3) is 0 Å². The van der Waals surface area contributed by atoms with Crippen LogP contribution in [0.4, 0.5) is 0 Å². The van der Waals surface area contributed by atoms with Crippen LogP contribution in [0, 0.1) is 0 Å². The van der Waals surface area contributed by atoms with Gasteiger partial charge >= 0.3 is 5.97 Å². The van der Waals surface area contributed by atoms with Gasteiger partial charge in [0.1, 0.15) is 11.5 Å². The summed E-state index contributed by atoms with van der Waals surface area (Å²) < 4.78 is 12.4. The maximum atomic E-state index is 12.5. The molecule has 0 radical (unpaired) electrons. The zero-order valence-corrected chi connectivity index (χ0v) is 15.9. The molecule has 3 heterocycles. The van der Waals surface area contributed by atoms with Crippen molar-refractivity contribution in [3.8, 4) is 5.75 Å². The summed E-state index contributed by atoms with van der Waals surface area (Å²) in [7, 11) is 0. The third-order valence-corrected chi connectivity index (χ3v) is 5.67. The number of benzene rings is 1. The number of carbonyl (C=O) groups is 1. The lowest BCUT2D eigenvalue weighted by Gasteiger charge is -2.41. The number of hydrogen-bond donors (Lipinski definition) is 0. The van der Waals surface area contributed by atoms with E-state index in [4.69, 9.17) is 9.47 Å². The summed E-state index contributed by atoms with van der Waals surface area (Å²) in [5.41, 5.74) is 4.74. The van der Waals surface area contributed by atoms with Gasteiger partial charge in [-0.05, 0) is 24.3 Å². The first-order valence-electron chi connectivity index (χ1n) is 9.72. The van der Waals surface area contributed by atoms with Crippen LogP contribution < -0.4 is 4.74 Å². The molecule has 2 aliphatic carbocycles. The first-order chi connectivity index (χ1) is 14.7. The van der Waals surface area contributed by atoms with E-state index >= 15 is 0 Å². The van der Waals surface area contributed by atoms with E-state index in [-0.39, 0.29) is 0 Å². The van der Waals surface area contributed by atoms with E-state index in [1.54, 1.807) is 24.4 Å². The molecule has 6 rings (SSSR count). The Bertz CT molecular complexity index is 1280. The molecule has 0 bridgehead atoms. The molecule has 1 atom stereocenters. The monoisotopic (exact) mass is 392 g/mol. The number of carbonyl (C=O) groups excluding carboxylic acids is 1. The van der Waals surface area contributed by atoms with Gasteiger partial charge in [-0.3, -0.25) is 9.98 Å². The molecular weight excluding hydrogens is 376 g/mol. The fraction of sp³-hybridized carbons (Fsp3) is 0.0800. The van der Waals surface area contributed by atoms with E-state index in [0.717, 1.165) is 33.6 Å². The highest BCUT2D eigenvalue weighted by Gasteiger charge is 2.44. The highest BCUT2D eigenvalue weighted by Crippen LogP contribution is 2.48. The van der Waals surface area contributed by atoms with E-state index in [1.807, 2.05) is 36.6 Å². The van der Waals surface area contributed by atoms with Crippen molar-refractivity contribution in [2.45, 2.75) is 12.1 Å². The van der Waals surface area contributed by atoms with Crippen molar-refractivity contribution < 1.29 is 14.3 Å². The smallest absolute Gasteiger partial charge is 0.345 e. The van der Waals surface area contributed by atoms with Crippen LogP contribution in [0.2, 0.25) is 0 Å². The number of fused-ring (bicyclic) bond motifs is 3. The van der Waals surface area contributed by atoms with Gasteiger partial charge in [-0.25, -0.2) is 4.79 Å². The van der Waals surface area contributed by atoms with Crippen molar-refractivity contribution in [1.82, 2.24) is 4.98 Å². The lowest BCUT2D eigenvalue weighted by molar-refractivity contribution is 0.0627. The molecule has 1 unspecified atom stereocenters. The van der Waals surface area contributed by atoms with Crippen molar-refractivity contribution in [2.75, 3.05) is 0 Å². The highest BCUT2D eigenvalue weighted by molar-refractivity contribution is 5.90. The number of rotatable bonds is 2. The quantitative estimate of drug-likeness (QED) is 0.714. The van der Waals surface area contributed by atoms with Gasteiger partial charge in [0.15, 0.2) is 5.60 Å². The molecule has 1 spiro atoms. The summed E-state index contributed by atoms with van der Waals surface area (Å²) >= 11 is 0. The average Bonchev–Trinajstić information content (AvgIpc) is 3.26. The predicted molar refractivity (Wildman–Crippen MR) is 113 cm³/mol. The maximum absolute atomic E-state index is 12.5. The van der Waals surface area contributed by atoms with Gasteiger partial charge in [-0.2, -0.15) is 0 Å². The first-order valence-corrected chi connectivity index (χ1v) is 9.72. The van der Waals surface area contributed by atoms with Gasteiger partial charge in [0.2, 0.25) is 0 Å². The highest BCUT2D eigenvalue weighted by atomic mass is 16.5. The minimum absolute atomic E-state index is 0.398. The van der Waals surface area contributed by atoms with Crippen molar-refractivity contribution >= 4 is 18.3 Å². The summed E-state index contributed by atoms with van der Waals surface area (Å²) in [5, 5.41) is 0. The molecule has 144 valence electrons. The number of allylic oxidation sites excluding steroid dienone is 3. The number of ether oxygens (including phenoxy) is 2. The third kappa shape index (κ3) is 2.45. The second kappa shape index (κ2) is 6.26. The molecule has 1 aromatic heterocycles. The summed E-state index contributed by atoms with van der Waals surface area (Å²) in [4.78, 5) is 20.9. The van der Waals surface area contributed by atoms with E-state index < -0.39 is 11.6 Å². The Labute approximate surface area is 173 Å². The second-order valence-corrected chi connectivity index (χ2v) is 7.45. The lowest BCUT2D eigenvalue weighted by Crippen LogP contribution is -2.42. The van der Waals surface area contributed by atoms with Crippen LogP contribution >= 0.6 is 0 Å². The van der Waals surface area contributed by atoms with E-state index in [9.17, 15) is 4.79 Å². The number of aromatic nitrogens is 1. The Morgan fingerprint density at radius 2 is 2.03 bits per heavy atom. The van der Waals surface area contributed by atoms with Gasteiger partial charge < -0.3 is 9.47 Å². The Morgan fingerprint density at radius 3 is 2.93 bits per heavy atom. The molecule has 2 aliphatic heterocycles. The van der Waals surface area contributed by atoms with Gasteiger partial charge in [-0.1, -0.05) is 36.4 Å². The van der Waals surface area contributed by atoms with Gasteiger partial charge in [-0.15, -0.1) is 0 Å². The van der Waals surface area contributed by atoms with Crippen LogP contribution in [0.15, 0.2) is 95.0 Å². The molecule has 4 aliphatic rings. The predicted octanol–water partition coefficient (Wildman–Crippen LogP) is 4.34. The molecule has 0 saturated heterocycles. The molecule has 2 aromatic rings. The van der Waals surface area contributed by atoms with Crippen LogP contribution in [0.1, 0.15) is 27.0 Å². The molecule has 0 amide bonds. The average molecular weight is 392 g/mol. The Morgan fingerprint density at radius 1 is 1.10 bits per heavy atom. The van der Waals surface area contributed by atoms with Gasteiger partial charge in [0, 0.05) is 52.5 Å². The molecule has 1 aromatic carbocycles. The SMILES string of the molecule is O=C(OC1=CC23Oc4c(ccc5c4CN=C5)C=C2C=CC=C3C=C1)c1cccnc1. The van der Waals surface area contributed by atoms with Crippen LogP contribution in [-0.4, -0.2) is 22.8 Å². The first kappa shape index (κ1) is 16.9. The normalized spacial score (nSPS) is 21.9. The Hall–Kier alpha value is -3.99. The molecule has 0 saturated carbocycles. The van der Waals surface area contributed by atoms with E-state index in [0.29, 0.717) is 17.9 Å². The molecule has 0 fully saturated rings. The van der Waals surface area contributed by atoms with Crippen molar-refractivity contribution in [3.63, 3.8) is 0 Å². The number of pyridine rings is 1. The third-order valence-electron chi connectivity index (χ3n) is 5.67. The molecule has 0 N–H and O–H groups in total. The fourth-order valence-corrected chi connectivity index (χ4v) is 4.19. The second-order valence-electron chi connectivity index (χ2n) is 7.45. The van der Waals surface area contributed by atoms with Crippen LogP contribution in [0.3, 0.4) is 0 Å². The number of esters is 1. The zero-order valence-electron chi connectivity index (χ0n) is 15.9. The zero-order chi connectivity index (χ0) is 20.1. The standard InChI is InChI=1S/C25H16N2O3/c28-24(18-3-2-10-26-14-18)29-21-9-8-19-4-1-5-20-11-16-6-7-17-13-27-15-22(17)23(16)30-25(19,20)12-21/h1-14H,15H2. The van der Waals surface area contributed by atoms with Gasteiger partial charge in [0.05, 0.1) is 12.1 Å². The van der Waals surface area contributed by atoms with Crippen LogP contribution in [0.25, 0.3) is 6.08 Å². The topological polar surface area (TPSA) is 60.8 Å². The molecule has 5 nitrogen and oxygen atoms in total. The van der Waals surface area contributed by atoms with Crippen LogP contribution in [-0.2, 0) is 11.3 Å². The molecule has 5 heteroatoms. The summed E-state index contributed by atoms with van der Waals surface area (Å²) in [5.74, 6) is 0.819. The lowest BCUT2D eigenvalue weighted by atomic mass is 9.76. The van der Waals surface area contributed by atoms with Crippen molar-refractivity contribution in [3.05, 3.63) is 112 Å². The van der Waals surface area contributed by atoms with E-state index in [1.165, 1.54) is 6.20 Å². The van der Waals surface area contributed by atoms with E-state index in [2.05, 4.69) is 28.2 Å². The van der Waals surface area contributed by atoms with Crippen molar-refractivity contribution in [2.24, 2.45) is 4.99 Å². The maximum Gasteiger partial charge on any atom is 0.345 e. The number of nitrogens with zero attached hydrogens (tertiary/aromatic N) is 2. The minimum Gasteiger partial charge on any atom is -0.472 e. The number of hydrogen-bond acceptors (Lipinski definition) is 5. The summed E-state index contributed by atoms with van der Waals surface area (Å²) in [6.07, 6.45) is 18.8. The minimum atomic E-state index is -0.835. The Kier molecular flexibility index (Phi) is 3.53. The summed E-state index contributed by atoms with van der Waals surface area (Å²) in [6.45, 7) is 0.606. The van der Waals surface area contributed by atoms with Crippen molar-refractivity contribution in [1.29, 1.82) is 0 Å².